The number of halogens is 2. The van der Waals surface area contributed by atoms with E-state index in [0.717, 1.165) is 5.56 Å². The van der Waals surface area contributed by atoms with E-state index >= 15 is 0 Å². The lowest BCUT2D eigenvalue weighted by Gasteiger charge is -2.26. The summed E-state index contributed by atoms with van der Waals surface area (Å²) in [7, 11) is 1.80. The van der Waals surface area contributed by atoms with Crippen LogP contribution in [0.5, 0.6) is 11.5 Å². The molecular weight excluding hydrogens is 511 g/mol. The molecule has 7 nitrogen and oxygen atoms in total. The molecule has 1 fully saturated rings. The third-order valence-electron chi connectivity index (χ3n) is 6.65. The topological polar surface area (TPSA) is 79.3 Å². The molecule has 3 aromatic rings. The van der Waals surface area contributed by atoms with Gasteiger partial charge in [0.1, 0.15) is 5.75 Å². The van der Waals surface area contributed by atoms with Gasteiger partial charge in [-0.1, -0.05) is 48.0 Å². The molecule has 200 valence electrons. The van der Waals surface area contributed by atoms with Crippen molar-refractivity contribution in [2.24, 2.45) is 0 Å². The van der Waals surface area contributed by atoms with E-state index in [2.05, 4.69) is 0 Å². The van der Waals surface area contributed by atoms with E-state index in [1.807, 2.05) is 29.2 Å². The summed E-state index contributed by atoms with van der Waals surface area (Å²) < 4.78 is 25.5. The van der Waals surface area contributed by atoms with Crippen LogP contribution >= 0.6 is 11.6 Å². The number of hydrogen-bond donors (Lipinski definition) is 1. The second-order valence-electron chi connectivity index (χ2n) is 9.58. The van der Waals surface area contributed by atoms with Gasteiger partial charge in [-0.05, 0) is 54.4 Å². The fourth-order valence-corrected chi connectivity index (χ4v) is 4.52. The Labute approximate surface area is 226 Å². The van der Waals surface area contributed by atoms with Crippen molar-refractivity contribution < 1.29 is 28.6 Å². The monoisotopic (exact) mass is 540 g/mol. The number of benzene rings is 3. The van der Waals surface area contributed by atoms with E-state index in [1.54, 1.807) is 42.3 Å². The van der Waals surface area contributed by atoms with Crippen LogP contribution in [0.1, 0.15) is 24.5 Å². The Kier molecular flexibility index (Phi) is 8.42. The maximum absolute atomic E-state index is 14.0. The SMILES string of the molecule is CN1C(=O)N(Cc2ccc(Cl)cc2)CC1CCOc1ccc(CC(C)(Oc2ccccc2F)C(=O)O)cc1. The first-order valence-corrected chi connectivity index (χ1v) is 12.7. The predicted octanol–water partition coefficient (Wildman–Crippen LogP) is 5.65. The number of hydrogen-bond acceptors (Lipinski definition) is 4. The van der Waals surface area contributed by atoms with Gasteiger partial charge in [-0.2, -0.15) is 0 Å². The molecule has 1 aliphatic rings. The van der Waals surface area contributed by atoms with Crippen molar-refractivity contribution in [3.05, 3.63) is 94.8 Å². The molecule has 3 aromatic carbocycles. The number of para-hydroxylation sites is 1. The number of urea groups is 1. The van der Waals surface area contributed by atoms with Crippen LogP contribution in [-0.2, 0) is 17.8 Å². The van der Waals surface area contributed by atoms with E-state index in [9.17, 15) is 19.1 Å². The molecule has 0 bridgehead atoms. The zero-order valence-corrected chi connectivity index (χ0v) is 22.0. The lowest BCUT2D eigenvalue weighted by atomic mass is 9.96. The van der Waals surface area contributed by atoms with Crippen molar-refractivity contribution in [3.63, 3.8) is 0 Å². The molecule has 1 saturated heterocycles. The third kappa shape index (κ3) is 6.55. The van der Waals surface area contributed by atoms with Crippen molar-refractivity contribution in [3.8, 4) is 11.5 Å². The van der Waals surface area contributed by atoms with E-state index in [4.69, 9.17) is 21.1 Å². The van der Waals surface area contributed by atoms with Gasteiger partial charge in [0.2, 0.25) is 5.60 Å². The third-order valence-corrected chi connectivity index (χ3v) is 6.90. The number of carboxylic acids is 1. The van der Waals surface area contributed by atoms with Gasteiger partial charge in [-0.15, -0.1) is 0 Å². The van der Waals surface area contributed by atoms with Crippen LogP contribution in [0, 0.1) is 5.82 Å². The van der Waals surface area contributed by atoms with Gasteiger partial charge in [-0.25, -0.2) is 14.0 Å². The summed E-state index contributed by atoms with van der Waals surface area (Å²) in [5, 5.41) is 10.4. The van der Waals surface area contributed by atoms with E-state index in [1.165, 1.54) is 25.1 Å². The average Bonchev–Trinajstić information content (AvgIpc) is 3.15. The van der Waals surface area contributed by atoms with Crippen LogP contribution in [0.2, 0.25) is 5.02 Å². The first kappa shape index (κ1) is 27.3. The molecule has 0 saturated carbocycles. The number of rotatable bonds is 11. The Bertz CT molecular complexity index is 1270. The molecule has 1 aliphatic heterocycles. The van der Waals surface area contributed by atoms with Crippen molar-refractivity contribution >= 4 is 23.6 Å². The minimum atomic E-state index is -1.65. The number of aliphatic carboxylic acids is 1. The van der Waals surface area contributed by atoms with Gasteiger partial charge in [-0.3, -0.25) is 0 Å². The molecule has 0 radical (unpaired) electrons. The number of carbonyl (C=O) groups excluding carboxylic acids is 1. The Morgan fingerprint density at radius 3 is 2.39 bits per heavy atom. The Balaban J connectivity index is 1.29. The lowest BCUT2D eigenvalue weighted by molar-refractivity contribution is -0.153. The first-order valence-electron chi connectivity index (χ1n) is 12.3. The summed E-state index contributed by atoms with van der Waals surface area (Å²) in [5.41, 5.74) is 0.0752. The second kappa shape index (κ2) is 11.7. The summed E-state index contributed by atoms with van der Waals surface area (Å²) in [4.78, 5) is 28.2. The normalized spacial score (nSPS) is 16.8. The summed E-state index contributed by atoms with van der Waals surface area (Å²) in [5.74, 6) is -1.29. The molecule has 0 spiro atoms. The molecule has 0 aliphatic carbocycles. The molecule has 2 unspecified atom stereocenters. The maximum Gasteiger partial charge on any atom is 0.348 e. The summed E-state index contributed by atoms with van der Waals surface area (Å²) in [6.07, 6.45) is 0.698. The van der Waals surface area contributed by atoms with Crippen LogP contribution < -0.4 is 9.47 Å². The number of amides is 2. The summed E-state index contributed by atoms with van der Waals surface area (Å²) >= 11 is 5.95. The van der Waals surface area contributed by atoms with Crippen molar-refractivity contribution in [2.45, 2.75) is 38.0 Å². The molecule has 9 heteroatoms. The highest BCUT2D eigenvalue weighted by molar-refractivity contribution is 6.30. The fraction of sp³-hybridized carbons (Fsp3) is 0.310. The predicted molar refractivity (Wildman–Crippen MR) is 142 cm³/mol. The number of carbonyl (C=O) groups is 2. The Morgan fingerprint density at radius 1 is 1.08 bits per heavy atom. The smallest absolute Gasteiger partial charge is 0.348 e. The number of nitrogens with zero attached hydrogens (tertiary/aromatic N) is 2. The van der Waals surface area contributed by atoms with Gasteiger partial charge < -0.3 is 24.4 Å². The highest BCUT2D eigenvalue weighted by Crippen LogP contribution is 2.26. The lowest BCUT2D eigenvalue weighted by Crippen LogP contribution is -2.43. The maximum atomic E-state index is 14.0. The van der Waals surface area contributed by atoms with Crippen LogP contribution in [0.4, 0.5) is 9.18 Å². The molecule has 4 rings (SSSR count). The molecule has 2 atom stereocenters. The number of likely N-dealkylation sites (N-methyl/N-ethyl adjacent to an activating group) is 1. The minimum absolute atomic E-state index is 0.0200. The van der Waals surface area contributed by atoms with Crippen molar-refractivity contribution in [1.29, 1.82) is 0 Å². The summed E-state index contributed by atoms with van der Waals surface area (Å²) in [6, 6.07) is 20.2. The Hall–Kier alpha value is -3.78. The molecule has 0 aromatic heterocycles. The zero-order valence-electron chi connectivity index (χ0n) is 21.3. The number of carboxylic acid groups (broad SMARTS) is 1. The van der Waals surface area contributed by atoms with Gasteiger partial charge in [0, 0.05) is 38.0 Å². The van der Waals surface area contributed by atoms with E-state index in [0.29, 0.717) is 42.5 Å². The van der Waals surface area contributed by atoms with Crippen LogP contribution in [0.3, 0.4) is 0 Å². The average molecular weight is 541 g/mol. The molecule has 1 N–H and O–H groups in total. The van der Waals surface area contributed by atoms with E-state index in [-0.39, 0.29) is 24.2 Å². The first-order chi connectivity index (χ1) is 18.1. The van der Waals surface area contributed by atoms with Crippen LogP contribution in [0.15, 0.2) is 72.8 Å². The summed E-state index contributed by atoms with van der Waals surface area (Å²) in [6.45, 7) is 2.96. The van der Waals surface area contributed by atoms with Crippen LogP contribution in [-0.4, -0.2) is 58.7 Å². The highest BCUT2D eigenvalue weighted by Gasteiger charge is 2.37. The number of ether oxygens (including phenoxy) is 2. The fourth-order valence-electron chi connectivity index (χ4n) is 4.39. The van der Waals surface area contributed by atoms with E-state index < -0.39 is 17.4 Å². The van der Waals surface area contributed by atoms with Gasteiger partial charge >= 0.3 is 12.0 Å². The minimum Gasteiger partial charge on any atom is -0.494 e. The standard InChI is InChI=1S/C29H30ClFN2O5/c1-29(27(34)35,38-26-6-4-3-5-25(26)31)17-20-9-13-24(14-10-20)37-16-15-23-19-33(28(36)32(23)2)18-21-7-11-22(30)12-8-21/h3-14,23H,15-19H2,1-2H3,(H,34,35). The largest absolute Gasteiger partial charge is 0.494 e. The Morgan fingerprint density at radius 2 is 1.74 bits per heavy atom. The quantitative estimate of drug-likeness (QED) is 0.340. The highest BCUT2D eigenvalue weighted by atomic mass is 35.5. The zero-order chi connectivity index (χ0) is 27.3. The molecule has 2 amide bonds. The van der Waals surface area contributed by atoms with Gasteiger partial charge in [0.05, 0.1) is 12.6 Å². The van der Waals surface area contributed by atoms with Gasteiger partial charge in [0.25, 0.3) is 0 Å². The van der Waals surface area contributed by atoms with Crippen molar-refractivity contribution in [2.75, 3.05) is 20.2 Å². The van der Waals surface area contributed by atoms with Crippen LogP contribution in [0.25, 0.3) is 0 Å². The molecular formula is C29H30ClFN2O5. The molecule has 38 heavy (non-hydrogen) atoms. The second-order valence-corrected chi connectivity index (χ2v) is 10.0. The van der Waals surface area contributed by atoms with Crippen molar-refractivity contribution in [1.82, 2.24) is 9.80 Å². The molecule has 1 heterocycles. The van der Waals surface area contributed by atoms with Gasteiger partial charge in [0.15, 0.2) is 11.6 Å².